The first-order valence-corrected chi connectivity index (χ1v) is 6.04. The molecular weight excluding hydrogens is 248 g/mol. The standard InChI is InChI=1S/C13H20N2O4/c1-18-9-8-14-6-7-15-13(17)10-4-3-5-11(19-2)12(10)16/h3-5,14,16H,6-9H2,1-2H3,(H,15,17). The molecule has 0 radical (unpaired) electrons. The first-order valence-electron chi connectivity index (χ1n) is 6.04. The van der Waals surface area contributed by atoms with Crippen LogP contribution in [0.15, 0.2) is 18.2 Å². The number of carbonyl (C=O) groups is 1. The summed E-state index contributed by atoms with van der Waals surface area (Å²) in [5, 5.41) is 15.6. The van der Waals surface area contributed by atoms with Gasteiger partial charge >= 0.3 is 0 Å². The second-order valence-electron chi connectivity index (χ2n) is 3.86. The number of aromatic hydroxyl groups is 1. The third-order valence-electron chi connectivity index (χ3n) is 2.53. The number of hydrogen-bond acceptors (Lipinski definition) is 5. The van der Waals surface area contributed by atoms with Gasteiger partial charge in [0.15, 0.2) is 11.5 Å². The molecule has 6 nitrogen and oxygen atoms in total. The SMILES string of the molecule is COCCNCCNC(=O)c1cccc(OC)c1O. The molecule has 0 atom stereocenters. The predicted molar refractivity (Wildman–Crippen MR) is 71.7 cm³/mol. The van der Waals surface area contributed by atoms with Crippen LogP contribution >= 0.6 is 0 Å². The van der Waals surface area contributed by atoms with Crippen molar-refractivity contribution in [3.63, 3.8) is 0 Å². The first kappa shape index (κ1) is 15.3. The van der Waals surface area contributed by atoms with Crippen LogP contribution < -0.4 is 15.4 Å². The minimum atomic E-state index is -0.329. The summed E-state index contributed by atoms with van der Waals surface area (Å²) in [6, 6.07) is 4.80. The maximum Gasteiger partial charge on any atom is 0.255 e. The quantitative estimate of drug-likeness (QED) is 0.593. The largest absolute Gasteiger partial charge is 0.504 e. The molecular formula is C13H20N2O4. The molecule has 0 saturated carbocycles. The van der Waals surface area contributed by atoms with E-state index in [1.807, 2.05) is 0 Å². The average molecular weight is 268 g/mol. The third kappa shape index (κ3) is 4.76. The van der Waals surface area contributed by atoms with E-state index in [4.69, 9.17) is 9.47 Å². The van der Waals surface area contributed by atoms with E-state index >= 15 is 0 Å². The van der Waals surface area contributed by atoms with Gasteiger partial charge in [0.2, 0.25) is 0 Å². The number of para-hydroxylation sites is 1. The van der Waals surface area contributed by atoms with Crippen molar-refractivity contribution in [3.05, 3.63) is 23.8 Å². The molecule has 0 aromatic heterocycles. The topological polar surface area (TPSA) is 79.8 Å². The minimum absolute atomic E-state index is 0.144. The fraction of sp³-hybridized carbons (Fsp3) is 0.462. The van der Waals surface area contributed by atoms with Gasteiger partial charge in [-0.05, 0) is 12.1 Å². The lowest BCUT2D eigenvalue weighted by Gasteiger charge is -2.09. The van der Waals surface area contributed by atoms with E-state index in [1.54, 1.807) is 25.3 Å². The maximum atomic E-state index is 11.8. The van der Waals surface area contributed by atoms with E-state index in [0.717, 1.165) is 6.54 Å². The van der Waals surface area contributed by atoms with E-state index in [1.165, 1.54) is 7.11 Å². The van der Waals surface area contributed by atoms with Gasteiger partial charge in [-0.25, -0.2) is 0 Å². The highest BCUT2D eigenvalue weighted by Gasteiger charge is 2.13. The van der Waals surface area contributed by atoms with Crippen LogP contribution in [0.25, 0.3) is 0 Å². The van der Waals surface area contributed by atoms with Crippen molar-refractivity contribution < 1.29 is 19.4 Å². The lowest BCUT2D eigenvalue weighted by Crippen LogP contribution is -2.33. The van der Waals surface area contributed by atoms with Gasteiger partial charge in [0.05, 0.1) is 19.3 Å². The Morgan fingerprint density at radius 1 is 1.26 bits per heavy atom. The Morgan fingerprint density at radius 2 is 2.05 bits per heavy atom. The monoisotopic (exact) mass is 268 g/mol. The Hall–Kier alpha value is -1.79. The molecule has 106 valence electrons. The van der Waals surface area contributed by atoms with Crippen molar-refractivity contribution in [2.24, 2.45) is 0 Å². The minimum Gasteiger partial charge on any atom is -0.504 e. The molecule has 1 aromatic rings. The highest BCUT2D eigenvalue weighted by Crippen LogP contribution is 2.28. The van der Waals surface area contributed by atoms with Crippen LogP contribution in [-0.4, -0.2) is 51.5 Å². The summed E-state index contributed by atoms with van der Waals surface area (Å²) in [6.07, 6.45) is 0. The van der Waals surface area contributed by atoms with Crippen LogP contribution in [0, 0.1) is 0 Å². The molecule has 6 heteroatoms. The molecule has 0 aliphatic carbocycles. The third-order valence-corrected chi connectivity index (χ3v) is 2.53. The highest BCUT2D eigenvalue weighted by molar-refractivity contribution is 5.97. The van der Waals surface area contributed by atoms with Crippen molar-refractivity contribution >= 4 is 5.91 Å². The molecule has 0 spiro atoms. The van der Waals surface area contributed by atoms with Gasteiger partial charge in [0.1, 0.15) is 0 Å². The summed E-state index contributed by atoms with van der Waals surface area (Å²) in [7, 11) is 3.07. The first-order chi connectivity index (χ1) is 9.20. The van der Waals surface area contributed by atoms with E-state index in [-0.39, 0.29) is 23.0 Å². The van der Waals surface area contributed by atoms with Gasteiger partial charge in [0.25, 0.3) is 5.91 Å². The molecule has 0 heterocycles. The Morgan fingerprint density at radius 3 is 2.74 bits per heavy atom. The number of phenols is 1. The van der Waals surface area contributed by atoms with Crippen molar-refractivity contribution in [1.29, 1.82) is 0 Å². The summed E-state index contributed by atoms with van der Waals surface area (Å²) in [4.78, 5) is 11.8. The number of benzene rings is 1. The lowest BCUT2D eigenvalue weighted by molar-refractivity contribution is 0.0950. The van der Waals surface area contributed by atoms with E-state index in [9.17, 15) is 9.90 Å². The van der Waals surface area contributed by atoms with Crippen molar-refractivity contribution in [2.75, 3.05) is 40.5 Å². The van der Waals surface area contributed by atoms with E-state index < -0.39 is 0 Å². The molecule has 0 saturated heterocycles. The molecule has 0 unspecified atom stereocenters. The number of ether oxygens (including phenoxy) is 2. The van der Waals surface area contributed by atoms with Gasteiger partial charge < -0.3 is 25.2 Å². The molecule has 3 N–H and O–H groups in total. The van der Waals surface area contributed by atoms with Crippen LogP contribution in [-0.2, 0) is 4.74 Å². The smallest absolute Gasteiger partial charge is 0.255 e. The van der Waals surface area contributed by atoms with Crippen LogP contribution in [0.5, 0.6) is 11.5 Å². The molecule has 19 heavy (non-hydrogen) atoms. The molecule has 0 aliphatic heterocycles. The Labute approximate surface area is 112 Å². The molecule has 1 aromatic carbocycles. The van der Waals surface area contributed by atoms with Crippen molar-refractivity contribution in [2.45, 2.75) is 0 Å². The number of amides is 1. The van der Waals surface area contributed by atoms with Crippen molar-refractivity contribution in [3.8, 4) is 11.5 Å². The average Bonchev–Trinajstić information content (AvgIpc) is 2.42. The number of phenolic OH excluding ortho intramolecular Hbond substituents is 1. The second kappa shape index (κ2) is 8.34. The number of rotatable bonds is 8. The number of methoxy groups -OCH3 is 2. The van der Waals surface area contributed by atoms with Gasteiger partial charge in [0, 0.05) is 26.7 Å². The predicted octanol–water partition coefficient (Wildman–Crippen LogP) is 0.367. The molecule has 0 bridgehead atoms. The summed E-state index contributed by atoms with van der Waals surface area (Å²) in [5.74, 6) is -0.189. The number of nitrogens with one attached hydrogen (secondary N) is 2. The van der Waals surface area contributed by atoms with Gasteiger partial charge in [-0.1, -0.05) is 6.07 Å². The van der Waals surface area contributed by atoms with E-state index in [2.05, 4.69) is 10.6 Å². The Balaban J connectivity index is 2.41. The summed E-state index contributed by atoms with van der Waals surface area (Å²) < 4.78 is 9.83. The molecule has 0 aliphatic rings. The zero-order valence-corrected chi connectivity index (χ0v) is 11.2. The number of carbonyl (C=O) groups excluding carboxylic acids is 1. The summed E-state index contributed by atoms with van der Waals surface area (Å²) >= 11 is 0. The van der Waals surface area contributed by atoms with Gasteiger partial charge in [-0.3, -0.25) is 4.79 Å². The van der Waals surface area contributed by atoms with Gasteiger partial charge in [-0.15, -0.1) is 0 Å². The van der Waals surface area contributed by atoms with Crippen LogP contribution in [0.3, 0.4) is 0 Å². The Kier molecular flexibility index (Phi) is 6.70. The van der Waals surface area contributed by atoms with Crippen molar-refractivity contribution in [1.82, 2.24) is 10.6 Å². The summed E-state index contributed by atoms with van der Waals surface area (Å²) in [5.41, 5.74) is 0.205. The van der Waals surface area contributed by atoms with Crippen LogP contribution in [0.4, 0.5) is 0 Å². The lowest BCUT2D eigenvalue weighted by atomic mass is 10.1. The normalized spacial score (nSPS) is 10.2. The molecule has 1 amide bonds. The highest BCUT2D eigenvalue weighted by atomic mass is 16.5. The fourth-order valence-corrected chi connectivity index (χ4v) is 1.53. The zero-order chi connectivity index (χ0) is 14.1. The molecule has 0 fully saturated rings. The van der Waals surface area contributed by atoms with Gasteiger partial charge in [-0.2, -0.15) is 0 Å². The van der Waals surface area contributed by atoms with Crippen LogP contribution in [0.2, 0.25) is 0 Å². The van der Waals surface area contributed by atoms with E-state index in [0.29, 0.717) is 19.7 Å². The van der Waals surface area contributed by atoms with Crippen LogP contribution in [0.1, 0.15) is 10.4 Å². The second-order valence-corrected chi connectivity index (χ2v) is 3.86. The number of hydrogen-bond donors (Lipinski definition) is 3. The fourth-order valence-electron chi connectivity index (χ4n) is 1.53. The zero-order valence-electron chi connectivity index (χ0n) is 11.2. The summed E-state index contributed by atoms with van der Waals surface area (Å²) in [6.45, 7) is 2.47. The molecule has 1 rings (SSSR count). The Bertz CT molecular complexity index is 410. The maximum absolute atomic E-state index is 11.8.